The molecule has 0 spiro atoms. The van der Waals surface area contributed by atoms with Crippen molar-refractivity contribution in [3.8, 4) is 0 Å². The SMILES string of the molecule is CC(C)(C)C(=O)c1nc([Si](C)(C)C)c2c(c1Br)COC2. The van der Waals surface area contributed by atoms with Crippen LogP contribution in [0.4, 0.5) is 0 Å². The fraction of sp³-hybridized carbons (Fsp3) is 0.600. The zero-order chi connectivity index (χ0) is 15.3. The minimum atomic E-state index is -1.61. The lowest BCUT2D eigenvalue weighted by Gasteiger charge is -2.23. The fourth-order valence-corrected chi connectivity index (χ4v) is 4.53. The van der Waals surface area contributed by atoms with Gasteiger partial charge in [0.15, 0.2) is 5.78 Å². The Labute approximate surface area is 130 Å². The Morgan fingerprint density at radius 2 is 1.75 bits per heavy atom. The number of halogens is 1. The molecule has 20 heavy (non-hydrogen) atoms. The summed E-state index contributed by atoms with van der Waals surface area (Å²) in [6.07, 6.45) is 0. The molecule has 3 nitrogen and oxygen atoms in total. The summed E-state index contributed by atoms with van der Waals surface area (Å²) in [7, 11) is -1.61. The first kappa shape index (κ1) is 15.9. The van der Waals surface area contributed by atoms with E-state index >= 15 is 0 Å². The molecule has 1 aliphatic heterocycles. The predicted molar refractivity (Wildman–Crippen MR) is 87.2 cm³/mol. The van der Waals surface area contributed by atoms with Gasteiger partial charge in [-0.1, -0.05) is 40.4 Å². The highest BCUT2D eigenvalue weighted by Crippen LogP contribution is 2.32. The van der Waals surface area contributed by atoms with E-state index in [2.05, 4.69) is 35.6 Å². The smallest absolute Gasteiger partial charge is 0.187 e. The summed E-state index contributed by atoms with van der Waals surface area (Å²) in [6.45, 7) is 13.8. The van der Waals surface area contributed by atoms with Gasteiger partial charge in [0, 0.05) is 21.9 Å². The monoisotopic (exact) mass is 355 g/mol. The molecule has 2 rings (SSSR count). The lowest BCUT2D eigenvalue weighted by atomic mass is 9.88. The van der Waals surface area contributed by atoms with E-state index in [1.807, 2.05) is 20.8 Å². The van der Waals surface area contributed by atoms with E-state index < -0.39 is 13.5 Å². The Morgan fingerprint density at radius 3 is 2.25 bits per heavy atom. The summed E-state index contributed by atoms with van der Waals surface area (Å²) in [5.41, 5.74) is 2.45. The van der Waals surface area contributed by atoms with Gasteiger partial charge in [0.25, 0.3) is 0 Å². The number of pyridine rings is 1. The van der Waals surface area contributed by atoms with Crippen LogP contribution in [-0.2, 0) is 18.0 Å². The summed E-state index contributed by atoms with van der Waals surface area (Å²) in [6, 6.07) is 0. The fourth-order valence-electron chi connectivity index (χ4n) is 2.33. The van der Waals surface area contributed by atoms with E-state index in [4.69, 9.17) is 9.72 Å². The third kappa shape index (κ3) is 2.76. The molecule has 1 aliphatic rings. The van der Waals surface area contributed by atoms with Gasteiger partial charge >= 0.3 is 0 Å². The van der Waals surface area contributed by atoms with Crippen LogP contribution in [0, 0.1) is 5.41 Å². The largest absolute Gasteiger partial charge is 0.372 e. The zero-order valence-electron chi connectivity index (χ0n) is 13.1. The first-order valence-electron chi connectivity index (χ1n) is 6.87. The molecule has 2 heterocycles. The van der Waals surface area contributed by atoms with Crippen LogP contribution in [0.2, 0.25) is 19.6 Å². The summed E-state index contributed by atoms with van der Waals surface area (Å²) in [4.78, 5) is 17.4. The first-order chi connectivity index (χ1) is 9.03. The van der Waals surface area contributed by atoms with Gasteiger partial charge in [-0.15, -0.1) is 0 Å². The van der Waals surface area contributed by atoms with E-state index in [0.717, 1.165) is 15.4 Å². The Hall–Kier alpha value is -0.523. The van der Waals surface area contributed by atoms with E-state index in [0.29, 0.717) is 18.9 Å². The third-order valence-electron chi connectivity index (χ3n) is 3.45. The van der Waals surface area contributed by atoms with Crippen molar-refractivity contribution in [1.29, 1.82) is 0 Å². The van der Waals surface area contributed by atoms with Crippen LogP contribution in [0.25, 0.3) is 0 Å². The second-order valence-corrected chi connectivity index (χ2v) is 13.2. The molecular weight excluding hydrogens is 334 g/mol. The molecule has 5 heteroatoms. The number of carbonyl (C=O) groups excluding carboxylic acids is 1. The topological polar surface area (TPSA) is 39.2 Å². The van der Waals surface area contributed by atoms with Gasteiger partial charge < -0.3 is 4.74 Å². The number of ketones is 1. The quantitative estimate of drug-likeness (QED) is 0.600. The van der Waals surface area contributed by atoms with Gasteiger partial charge in [0.05, 0.1) is 17.7 Å². The molecule has 0 atom stereocenters. The molecule has 0 fully saturated rings. The average molecular weight is 356 g/mol. The van der Waals surface area contributed by atoms with Gasteiger partial charge in [-0.3, -0.25) is 9.78 Å². The standard InChI is InChI=1S/C15H22BrNO2Si/c1-15(2,3)13(18)12-11(16)9-7-19-8-10(9)14(17-12)20(4,5)6/h7-8H2,1-6H3. The summed E-state index contributed by atoms with van der Waals surface area (Å²) < 4.78 is 6.42. The highest BCUT2D eigenvalue weighted by atomic mass is 79.9. The Morgan fingerprint density at radius 1 is 1.20 bits per heavy atom. The van der Waals surface area contributed by atoms with Crippen molar-refractivity contribution in [2.75, 3.05) is 0 Å². The van der Waals surface area contributed by atoms with Crippen LogP contribution in [0.5, 0.6) is 0 Å². The minimum absolute atomic E-state index is 0.0820. The second-order valence-electron chi connectivity index (χ2n) is 7.40. The minimum Gasteiger partial charge on any atom is -0.372 e. The molecular formula is C15H22BrNO2Si. The summed E-state index contributed by atoms with van der Waals surface area (Å²) in [5, 5.41) is 1.11. The Balaban J connectivity index is 2.69. The van der Waals surface area contributed by atoms with Crippen molar-refractivity contribution >= 4 is 35.1 Å². The number of rotatable bonds is 2. The van der Waals surface area contributed by atoms with Crippen LogP contribution in [-0.4, -0.2) is 18.8 Å². The zero-order valence-corrected chi connectivity index (χ0v) is 15.6. The molecule has 1 aromatic heterocycles. The second kappa shape index (κ2) is 5.04. The van der Waals surface area contributed by atoms with Gasteiger partial charge in [0.2, 0.25) is 0 Å². The van der Waals surface area contributed by atoms with Crippen LogP contribution in [0.15, 0.2) is 4.47 Å². The van der Waals surface area contributed by atoms with E-state index in [-0.39, 0.29) is 5.78 Å². The maximum absolute atomic E-state index is 12.6. The number of aromatic nitrogens is 1. The van der Waals surface area contributed by atoms with E-state index in [1.54, 1.807) is 0 Å². The molecule has 1 aromatic rings. The van der Waals surface area contributed by atoms with Crippen LogP contribution >= 0.6 is 15.9 Å². The first-order valence-corrected chi connectivity index (χ1v) is 11.2. The predicted octanol–water partition coefficient (Wildman–Crippen LogP) is 3.65. The number of ether oxygens (including phenoxy) is 1. The van der Waals surface area contributed by atoms with Crippen molar-refractivity contribution in [3.05, 3.63) is 21.3 Å². The van der Waals surface area contributed by atoms with E-state index in [9.17, 15) is 4.79 Å². The van der Waals surface area contributed by atoms with Gasteiger partial charge in [-0.05, 0) is 15.9 Å². The maximum Gasteiger partial charge on any atom is 0.187 e. The van der Waals surface area contributed by atoms with Crippen molar-refractivity contribution in [2.24, 2.45) is 5.41 Å². The lowest BCUT2D eigenvalue weighted by molar-refractivity contribution is 0.0852. The molecule has 0 saturated carbocycles. The Kier molecular flexibility index (Phi) is 3.99. The average Bonchev–Trinajstić information content (AvgIpc) is 2.75. The number of carbonyl (C=O) groups is 1. The van der Waals surface area contributed by atoms with Crippen molar-refractivity contribution in [1.82, 2.24) is 4.98 Å². The number of nitrogens with zero attached hydrogens (tertiary/aromatic N) is 1. The molecule has 0 aliphatic carbocycles. The molecule has 0 N–H and O–H groups in total. The normalized spacial score (nSPS) is 15.3. The van der Waals surface area contributed by atoms with Crippen molar-refractivity contribution < 1.29 is 9.53 Å². The maximum atomic E-state index is 12.6. The van der Waals surface area contributed by atoms with Crippen LogP contribution in [0.1, 0.15) is 42.4 Å². The van der Waals surface area contributed by atoms with Crippen LogP contribution < -0.4 is 5.32 Å². The third-order valence-corrected chi connectivity index (χ3v) is 6.13. The molecule has 110 valence electrons. The molecule has 0 aromatic carbocycles. The highest BCUT2D eigenvalue weighted by Gasteiger charge is 2.34. The number of Topliss-reactive ketones (excluding diaryl/α,β-unsaturated/α-hetero) is 1. The number of hydrogen-bond acceptors (Lipinski definition) is 3. The number of fused-ring (bicyclic) bond motifs is 1. The van der Waals surface area contributed by atoms with Crippen molar-refractivity contribution in [2.45, 2.75) is 53.6 Å². The van der Waals surface area contributed by atoms with Crippen molar-refractivity contribution in [3.63, 3.8) is 0 Å². The summed E-state index contributed by atoms with van der Waals surface area (Å²) >= 11 is 3.58. The molecule has 0 unspecified atom stereocenters. The molecule has 0 radical (unpaired) electrons. The lowest BCUT2D eigenvalue weighted by Crippen LogP contribution is -2.44. The van der Waals surface area contributed by atoms with Gasteiger partial charge in [0.1, 0.15) is 13.8 Å². The molecule has 0 saturated heterocycles. The number of hydrogen-bond donors (Lipinski definition) is 0. The van der Waals surface area contributed by atoms with Gasteiger partial charge in [-0.25, -0.2) is 0 Å². The van der Waals surface area contributed by atoms with Gasteiger partial charge in [-0.2, -0.15) is 0 Å². The van der Waals surface area contributed by atoms with E-state index in [1.165, 1.54) is 5.56 Å². The summed E-state index contributed by atoms with van der Waals surface area (Å²) in [5.74, 6) is 0.0820. The molecule has 0 bridgehead atoms. The molecule has 0 amide bonds. The highest BCUT2D eigenvalue weighted by molar-refractivity contribution is 9.10. The van der Waals surface area contributed by atoms with Crippen LogP contribution in [0.3, 0.4) is 0 Å². The Bertz CT molecular complexity index is 571.